The van der Waals surface area contributed by atoms with Gasteiger partial charge in [-0.15, -0.1) is 12.4 Å². The van der Waals surface area contributed by atoms with E-state index in [0.717, 1.165) is 17.0 Å². The molecule has 2 nitrogen and oxygen atoms in total. The number of hydrogen-bond donors (Lipinski definition) is 1. The lowest BCUT2D eigenvalue weighted by atomic mass is 9.86. The zero-order valence-electron chi connectivity index (χ0n) is 14.7. The minimum absolute atomic E-state index is 0. The first kappa shape index (κ1) is 18.6. The second-order valence-electron chi connectivity index (χ2n) is 7.52. The van der Waals surface area contributed by atoms with Gasteiger partial charge >= 0.3 is 0 Å². The van der Waals surface area contributed by atoms with Crippen LogP contribution in [0.4, 0.5) is 0 Å². The molecule has 0 spiro atoms. The summed E-state index contributed by atoms with van der Waals surface area (Å²) in [6.45, 7) is 7.78. The molecule has 1 aliphatic carbocycles. The van der Waals surface area contributed by atoms with Crippen LogP contribution < -0.4 is 0 Å². The Balaban J connectivity index is 0.00000192. The molecule has 1 N–H and O–H groups in total. The number of rotatable bonds is 4. The Labute approximate surface area is 147 Å². The van der Waals surface area contributed by atoms with Crippen molar-refractivity contribution in [2.75, 3.05) is 19.6 Å². The zero-order chi connectivity index (χ0) is 15.5. The molecule has 1 heterocycles. The molecular formula is C20H32ClNO. The number of nitrogens with zero attached hydrogens (tertiary/aromatic N) is 1. The standard InChI is InChI=1S/C20H31NO.ClH/c1-15-9-10-19(16(2)20(15)22)18-8-5-12-21(14-18)13-11-17-6-3-4-7-17;/h9-10,17-18,22H,3-8,11-14H2,1-2H3;1H. The van der Waals surface area contributed by atoms with E-state index in [1.807, 2.05) is 6.92 Å². The molecule has 0 amide bonds. The summed E-state index contributed by atoms with van der Waals surface area (Å²) in [5, 5.41) is 10.2. The number of likely N-dealkylation sites (tertiary alicyclic amines) is 1. The van der Waals surface area contributed by atoms with Crippen molar-refractivity contribution in [3.05, 3.63) is 28.8 Å². The first-order valence-electron chi connectivity index (χ1n) is 9.16. The summed E-state index contributed by atoms with van der Waals surface area (Å²) in [4.78, 5) is 2.67. The molecule has 0 radical (unpaired) electrons. The molecule has 3 rings (SSSR count). The Morgan fingerprint density at radius 3 is 2.57 bits per heavy atom. The summed E-state index contributed by atoms with van der Waals surface area (Å²) in [6.07, 6.45) is 9.78. The van der Waals surface area contributed by atoms with E-state index in [1.54, 1.807) is 0 Å². The van der Waals surface area contributed by atoms with E-state index in [9.17, 15) is 5.11 Å². The van der Waals surface area contributed by atoms with E-state index in [1.165, 1.54) is 70.1 Å². The average molecular weight is 338 g/mol. The van der Waals surface area contributed by atoms with E-state index in [0.29, 0.717) is 11.7 Å². The van der Waals surface area contributed by atoms with Gasteiger partial charge in [0.15, 0.2) is 0 Å². The molecule has 2 aliphatic rings. The smallest absolute Gasteiger partial charge is 0.121 e. The van der Waals surface area contributed by atoms with Gasteiger partial charge in [0, 0.05) is 6.54 Å². The average Bonchev–Trinajstić information content (AvgIpc) is 3.04. The number of aromatic hydroxyl groups is 1. The second-order valence-corrected chi connectivity index (χ2v) is 7.52. The normalized spacial score (nSPS) is 23.0. The van der Waals surface area contributed by atoms with E-state index in [-0.39, 0.29) is 12.4 Å². The second kappa shape index (κ2) is 8.39. The Bertz CT molecular complexity index is 511. The number of benzene rings is 1. The highest BCUT2D eigenvalue weighted by Crippen LogP contribution is 2.35. The molecule has 1 unspecified atom stereocenters. The molecule has 1 saturated heterocycles. The maximum atomic E-state index is 10.2. The van der Waals surface area contributed by atoms with Gasteiger partial charge in [-0.05, 0) is 74.7 Å². The molecule has 1 aromatic rings. The van der Waals surface area contributed by atoms with Crippen molar-refractivity contribution in [3.8, 4) is 5.75 Å². The number of hydrogen-bond acceptors (Lipinski definition) is 2. The predicted octanol–water partition coefficient (Wildman–Crippen LogP) is 5.19. The van der Waals surface area contributed by atoms with Gasteiger partial charge < -0.3 is 10.0 Å². The van der Waals surface area contributed by atoms with Gasteiger partial charge in [-0.1, -0.05) is 37.8 Å². The van der Waals surface area contributed by atoms with Crippen LogP contribution in [0, 0.1) is 19.8 Å². The zero-order valence-corrected chi connectivity index (χ0v) is 15.5. The first-order valence-corrected chi connectivity index (χ1v) is 9.16. The van der Waals surface area contributed by atoms with Crippen LogP contribution in [0.15, 0.2) is 12.1 Å². The van der Waals surface area contributed by atoms with E-state index >= 15 is 0 Å². The Hall–Kier alpha value is -0.730. The van der Waals surface area contributed by atoms with Crippen molar-refractivity contribution in [2.24, 2.45) is 5.92 Å². The summed E-state index contributed by atoms with van der Waals surface area (Å²) in [7, 11) is 0. The van der Waals surface area contributed by atoms with E-state index < -0.39 is 0 Å². The summed E-state index contributed by atoms with van der Waals surface area (Å²) in [6, 6.07) is 4.32. The van der Waals surface area contributed by atoms with Crippen LogP contribution in [-0.2, 0) is 0 Å². The molecule has 1 aliphatic heterocycles. The quantitative estimate of drug-likeness (QED) is 0.817. The minimum atomic E-state index is 0. The SMILES string of the molecule is Cc1ccc(C2CCCN(CCC3CCCC3)C2)c(C)c1O.Cl. The fourth-order valence-electron chi connectivity index (χ4n) is 4.47. The highest BCUT2D eigenvalue weighted by atomic mass is 35.5. The van der Waals surface area contributed by atoms with Gasteiger partial charge in [-0.2, -0.15) is 0 Å². The maximum Gasteiger partial charge on any atom is 0.121 e. The van der Waals surface area contributed by atoms with Crippen LogP contribution in [0.25, 0.3) is 0 Å². The van der Waals surface area contributed by atoms with E-state index in [4.69, 9.17) is 0 Å². The Kier molecular flexibility index (Phi) is 6.79. The lowest BCUT2D eigenvalue weighted by molar-refractivity contribution is 0.194. The van der Waals surface area contributed by atoms with Gasteiger partial charge in [0.1, 0.15) is 5.75 Å². The van der Waals surface area contributed by atoms with Crippen LogP contribution in [0.1, 0.15) is 67.6 Å². The van der Waals surface area contributed by atoms with Gasteiger partial charge in [-0.25, -0.2) is 0 Å². The molecule has 0 bridgehead atoms. The van der Waals surface area contributed by atoms with Crippen molar-refractivity contribution in [1.82, 2.24) is 4.90 Å². The van der Waals surface area contributed by atoms with Gasteiger partial charge in [0.05, 0.1) is 0 Å². The van der Waals surface area contributed by atoms with Crippen LogP contribution in [0.5, 0.6) is 5.75 Å². The van der Waals surface area contributed by atoms with Gasteiger partial charge in [-0.3, -0.25) is 0 Å². The number of phenolic OH excluding ortho intramolecular Hbond substituents is 1. The fraction of sp³-hybridized carbons (Fsp3) is 0.700. The third-order valence-corrected chi connectivity index (χ3v) is 5.95. The molecule has 0 aromatic heterocycles. The molecule has 3 heteroatoms. The molecule has 2 fully saturated rings. The molecular weight excluding hydrogens is 306 g/mol. The summed E-state index contributed by atoms with van der Waals surface area (Å²) in [5.41, 5.74) is 3.46. The van der Waals surface area contributed by atoms with Crippen LogP contribution in [-0.4, -0.2) is 29.6 Å². The summed E-state index contributed by atoms with van der Waals surface area (Å²) >= 11 is 0. The fourth-order valence-corrected chi connectivity index (χ4v) is 4.47. The van der Waals surface area contributed by atoms with E-state index in [2.05, 4.69) is 24.0 Å². The van der Waals surface area contributed by atoms with Crippen molar-refractivity contribution in [3.63, 3.8) is 0 Å². The largest absolute Gasteiger partial charge is 0.507 e. The van der Waals surface area contributed by atoms with Crippen molar-refractivity contribution in [1.29, 1.82) is 0 Å². The number of phenols is 1. The topological polar surface area (TPSA) is 23.5 Å². The van der Waals surface area contributed by atoms with Crippen LogP contribution in [0.3, 0.4) is 0 Å². The van der Waals surface area contributed by atoms with Crippen molar-refractivity contribution in [2.45, 2.75) is 64.7 Å². The van der Waals surface area contributed by atoms with Crippen molar-refractivity contribution < 1.29 is 5.11 Å². The molecule has 1 atom stereocenters. The van der Waals surface area contributed by atoms with Gasteiger partial charge in [0.2, 0.25) is 0 Å². The molecule has 1 aromatic carbocycles. The number of halogens is 1. The van der Waals surface area contributed by atoms with Gasteiger partial charge in [0.25, 0.3) is 0 Å². The highest BCUT2D eigenvalue weighted by Gasteiger charge is 2.24. The molecule has 1 saturated carbocycles. The van der Waals surface area contributed by atoms with Crippen LogP contribution >= 0.6 is 12.4 Å². The monoisotopic (exact) mass is 337 g/mol. The maximum absolute atomic E-state index is 10.2. The predicted molar refractivity (Wildman–Crippen MR) is 99.8 cm³/mol. The number of aryl methyl sites for hydroxylation is 1. The summed E-state index contributed by atoms with van der Waals surface area (Å²) in [5.74, 6) is 2.09. The summed E-state index contributed by atoms with van der Waals surface area (Å²) < 4.78 is 0. The Morgan fingerprint density at radius 1 is 1.09 bits per heavy atom. The Morgan fingerprint density at radius 2 is 1.83 bits per heavy atom. The third kappa shape index (κ3) is 4.42. The van der Waals surface area contributed by atoms with Crippen molar-refractivity contribution >= 4 is 12.4 Å². The highest BCUT2D eigenvalue weighted by molar-refractivity contribution is 5.85. The van der Waals surface area contributed by atoms with Crippen LogP contribution in [0.2, 0.25) is 0 Å². The first-order chi connectivity index (χ1) is 10.6. The third-order valence-electron chi connectivity index (χ3n) is 5.95. The molecule has 130 valence electrons. The molecule has 23 heavy (non-hydrogen) atoms. The lowest BCUT2D eigenvalue weighted by Crippen LogP contribution is -2.35. The lowest BCUT2D eigenvalue weighted by Gasteiger charge is -2.34. The number of piperidine rings is 1. The minimum Gasteiger partial charge on any atom is -0.507 e.